The average Bonchev–Trinajstić information content (AvgIpc) is 3.01. The first-order valence-corrected chi connectivity index (χ1v) is 8.99. The Hall–Kier alpha value is -2.82. The van der Waals surface area contributed by atoms with Crippen molar-refractivity contribution in [2.24, 2.45) is 0 Å². The Morgan fingerprint density at radius 3 is 2.58 bits per heavy atom. The second-order valence-electron chi connectivity index (χ2n) is 6.87. The number of nitrogens with one attached hydrogen (secondary N) is 2. The van der Waals surface area contributed by atoms with Crippen molar-refractivity contribution < 1.29 is 9.59 Å². The molecule has 1 aliphatic heterocycles. The molecule has 0 saturated carbocycles. The summed E-state index contributed by atoms with van der Waals surface area (Å²) < 4.78 is 0. The molecule has 0 radical (unpaired) electrons. The van der Waals surface area contributed by atoms with Gasteiger partial charge in [-0.1, -0.05) is 12.1 Å². The quantitative estimate of drug-likeness (QED) is 0.860. The zero-order chi connectivity index (χ0) is 18.7. The van der Waals surface area contributed by atoms with E-state index in [1.807, 2.05) is 68.1 Å². The number of anilines is 3. The molecule has 136 valence electrons. The van der Waals surface area contributed by atoms with Gasteiger partial charge in [0.05, 0.1) is 0 Å². The standard InChI is InChI=1S/C21H25N3O2/c1-14-6-4-7-17(12-14)23-21(26)16(3)22-18-9-10-19(15(2)13-18)24-11-5-8-20(24)25/h4,6-7,9-10,12-13,16,22H,5,8,11H2,1-3H3,(H,23,26). The molecule has 0 spiro atoms. The van der Waals surface area contributed by atoms with E-state index in [1.165, 1.54) is 0 Å². The lowest BCUT2D eigenvalue weighted by molar-refractivity contribution is -0.117. The van der Waals surface area contributed by atoms with E-state index in [9.17, 15) is 9.59 Å². The molecular weight excluding hydrogens is 326 g/mol. The molecule has 2 amide bonds. The lowest BCUT2D eigenvalue weighted by Gasteiger charge is -2.20. The van der Waals surface area contributed by atoms with Gasteiger partial charge in [0.1, 0.15) is 6.04 Å². The Labute approximate surface area is 154 Å². The largest absolute Gasteiger partial charge is 0.374 e. The molecule has 2 aromatic rings. The van der Waals surface area contributed by atoms with Crippen molar-refractivity contribution in [3.05, 3.63) is 53.6 Å². The van der Waals surface area contributed by atoms with Crippen molar-refractivity contribution >= 4 is 28.9 Å². The summed E-state index contributed by atoms with van der Waals surface area (Å²) in [5.74, 6) is 0.0896. The van der Waals surface area contributed by atoms with Gasteiger partial charge in [0.25, 0.3) is 0 Å². The van der Waals surface area contributed by atoms with E-state index in [4.69, 9.17) is 0 Å². The van der Waals surface area contributed by atoms with E-state index in [0.29, 0.717) is 6.42 Å². The summed E-state index contributed by atoms with van der Waals surface area (Å²) in [6, 6.07) is 13.2. The van der Waals surface area contributed by atoms with E-state index in [-0.39, 0.29) is 17.9 Å². The van der Waals surface area contributed by atoms with Crippen LogP contribution in [0.25, 0.3) is 0 Å². The first kappa shape index (κ1) is 18.0. The Balaban J connectivity index is 1.65. The van der Waals surface area contributed by atoms with Crippen molar-refractivity contribution in [3.63, 3.8) is 0 Å². The van der Waals surface area contributed by atoms with Gasteiger partial charge in [-0.15, -0.1) is 0 Å². The summed E-state index contributed by atoms with van der Waals surface area (Å²) in [6.45, 7) is 6.59. The van der Waals surface area contributed by atoms with Gasteiger partial charge in [0.15, 0.2) is 0 Å². The Kier molecular flexibility index (Phi) is 5.26. The predicted molar refractivity (Wildman–Crippen MR) is 106 cm³/mol. The number of nitrogens with zero attached hydrogens (tertiary/aromatic N) is 1. The fourth-order valence-electron chi connectivity index (χ4n) is 3.24. The molecule has 1 saturated heterocycles. The highest BCUT2D eigenvalue weighted by atomic mass is 16.2. The molecule has 3 rings (SSSR count). The molecule has 0 aliphatic carbocycles. The van der Waals surface area contributed by atoms with Crippen LogP contribution in [-0.4, -0.2) is 24.4 Å². The Bertz CT molecular complexity index is 832. The third-order valence-corrected chi connectivity index (χ3v) is 4.62. The van der Waals surface area contributed by atoms with E-state index in [0.717, 1.165) is 41.2 Å². The van der Waals surface area contributed by atoms with E-state index < -0.39 is 0 Å². The Morgan fingerprint density at radius 2 is 1.92 bits per heavy atom. The van der Waals surface area contributed by atoms with Gasteiger partial charge in [-0.2, -0.15) is 0 Å². The van der Waals surface area contributed by atoms with Gasteiger partial charge in [0, 0.05) is 30.0 Å². The third-order valence-electron chi connectivity index (χ3n) is 4.62. The van der Waals surface area contributed by atoms with Crippen LogP contribution in [0.2, 0.25) is 0 Å². The maximum atomic E-state index is 12.4. The highest BCUT2D eigenvalue weighted by molar-refractivity contribution is 5.97. The molecule has 2 N–H and O–H groups in total. The second-order valence-corrected chi connectivity index (χ2v) is 6.87. The van der Waals surface area contributed by atoms with Crippen molar-refractivity contribution in [2.75, 3.05) is 22.1 Å². The maximum absolute atomic E-state index is 12.4. The first-order chi connectivity index (χ1) is 12.4. The SMILES string of the molecule is Cc1cccc(NC(=O)C(C)Nc2ccc(N3CCCC3=O)c(C)c2)c1. The van der Waals surface area contributed by atoms with Crippen LogP contribution < -0.4 is 15.5 Å². The average molecular weight is 351 g/mol. The minimum Gasteiger partial charge on any atom is -0.374 e. The van der Waals surface area contributed by atoms with Crippen molar-refractivity contribution in [1.82, 2.24) is 0 Å². The van der Waals surface area contributed by atoms with E-state index in [2.05, 4.69) is 10.6 Å². The summed E-state index contributed by atoms with van der Waals surface area (Å²) in [6.07, 6.45) is 1.53. The summed E-state index contributed by atoms with van der Waals surface area (Å²) >= 11 is 0. The third kappa shape index (κ3) is 4.04. The fraction of sp³-hybridized carbons (Fsp3) is 0.333. The predicted octanol–water partition coefficient (Wildman–Crippen LogP) is 3.87. The van der Waals surface area contributed by atoms with Crippen LogP contribution in [0.1, 0.15) is 30.9 Å². The van der Waals surface area contributed by atoms with Gasteiger partial charge in [-0.25, -0.2) is 0 Å². The topological polar surface area (TPSA) is 61.4 Å². The summed E-state index contributed by atoms with van der Waals surface area (Å²) in [7, 11) is 0. The van der Waals surface area contributed by atoms with Gasteiger partial charge >= 0.3 is 0 Å². The van der Waals surface area contributed by atoms with Crippen LogP contribution in [0, 0.1) is 13.8 Å². The zero-order valence-corrected chi connectivity index (χ0v) is 15.5. The van der Waals surface area contributed by atoms with Gasteiger partial charge in [-0.05, 0) is 68.7 Å². The fourth-order valence-corrected chi connectivity index (χ4v) is 3.24. The maximum Gasteiger partial charge on any atom is 0.246 e. The molecular formula is C21H25N3O2. The minimum absolute atomic E-state index is 0.0907. The molecule has 2 aromatic carbocycles. The molecule has 1 aliphatic rings. The summed E-state index contributed by atoms with van der Waals surface area (Å²) in [5, 5.41) is 6.16. The molecule has 1 atom stereocenters. The molecule has 26 heavy (non-hydrogen) atoms. The first-order valence-electron chi connectivity index (χ1n) is 8.99. The van der Waals surface area contributed by atoms with Crippen molar-refractivity contribution in [2.45, 2.75) is 39.7 Å². The van der Waals surface area contributed by atoms with Crippen molar-refractivity contribution in [1.29, 1.82) is 0 Å². The molecule has 1 fully saturated rings. The number of carbonyl (C=O) groups is 2. The molecule has 1 heterocycles. The number of aryl methyl sites for hydroxylation is 2. The van der Waals surface area contributed by atoms with Crippen LogP contribution in [0.5, 0.6) is 0 Å². The van der Waals surface area contributed by atoms with Gasteiger partial charge in [-0.3, -0.25) is 9.59 Å². The molecule has 5 nitrogen and oxygen atoms in total. The summed E-state index contributed by atoms with van der Waals surface area (Å²) in [5.41, 5.74) is 4.74. The highest BCUT2D eigenvalue weighted by Gasteiger charge is 2.23. The molecule has 1 unspecified atom stereocenters. The second kappa shape index (κ2) is 7.60. The number of hydrogen-bond acceptors (Lipinski definition) is 3. The van der Waals surface area contributed by atoms with Crippen LogP contribution in [0.3, 0.4) is 0 Å². The van der Waals surface area contributed by atoms with E-state index >= 15 is 0 Å². The van der Waals surface area contributed by atoms with Crippen LogP contribution >= 0.6 is 0 Å². The lowest BCUT2D eigenvalue weighted by Crippen LogP contribution is -2.32. The molecule has 5 heteroatoms. The summed E-state index contributed by atoms with van der Waals surface area (Å²) in [4.78, 5) is 26.2. The number of hydrogen-bond donors (Lipinski definition) is 2. The molecule has 0 bridgehead atoms. The highest BCUT2D eigenvalue weighted by Crippen LogP contribution is 2.27. The zero-order valence-electron chi connectivity index (χ0n) is 15.5. The minimum atomic E-state index is -0.380. The monoisotopic (exact) mass is 351 g/mol. The van der Waals surface area contributed by atoms with Gasteiger partial charge < -0.3 is 15.5 Å². The van der Waals surface area contributed by atoms with Crippen LogP contribution in [0.4, 0.5) is 17.1 Å². The van der Waals surface area contributed by atoms with Gasteiger partial charge in [0.2, 0.25) is 11.8 Å². The lowest BCUT2D eigenvalue weighted by atomic mass is 10.1. The van der Waals surface area contributed by atoms with E-state index in [1.54, 1.807) is 0 Å². The number of amides is 2. The number of rotatable bonds is 5. The Morgan fingerprint density at radius 1 is 1.12 bits per heavy atom. The van der Waals surface area contributed by atoms with Crippen molar-refractivity contribution in [3.8, 4) is 0 Å². The normalized spacial score (nSPS) is 15.0. The van der Waals surface area contributed by atoms with Crippen LogP contribution in [-0.2, 0) is 9.59 Å². The van der Waals surface area contributed by atoms with Crippen LogP contribution in [0.15, 0.2) is 42.5 Å². The smallest absolute Gasteiger partial charge is 0.246 e. The number of benzene rings is 2. The molecule has 0 aromatic heterocycles. The number of carbonyl (C=O) groups excluding carboxylic acids is 2.